The molecule has 0 fully saturated rings. The molecule has 1 amide bonds. The molecular formula is C20H24N4O2. The Labute approximate surface area is 154 Å². The van der Waals surface area contributed by atoms with Crippen molar-refractivity contribution in [2.75, 3.05) is 11.4 Å². The minimum atomic E-state index is -0.610. The van der Waals surface area contributed by atoms with Crippen LogP contribution in [0.3, 0.4) is 0 Å². The molecule has 26 heavy (non-hydrogen) atoms. The number of nitrogens with zero attached hydrogens (tertiary/aromatic N) is 4. The van der Waals surface area contributed by atoms with Gasteiger partial charge in [-0.3, -0.25) is 9.88 Å². The summed E-state index contributed by atoms with van der Waals surface area (Å²) >= 11 is 0. The Bertz CT molecular complexity index is 806. The number of hydrogen-bond acceptors (Lipinski definition) is 5. The Morgan fingerprint density at radius 2 is 1.85 bits per heavy atom. The van der Waals surface area contributed by atoms with Gasteiger partial charge < -0.3 is 4.74 Å². The third kappa shape index (κ3) is 5.85. The molecular weight excluding hydrogens is 328 g/mol. The summed E-state index contributed by atoms with van der Waals surface area (Å²) in [6, 6.07) is 13.2. The fourth-order valence-corrected chi connectivity index (χ4v) is 2.38. The van der Waals surface area contributed by atoms with E-state index in [0.29, 0.717) is 24.5 Å². The summed E-state index contributed by atoms with van der Waals surface area (Å²) in [5.41, 5.74) is 1.83. The monoisotopic (exact) mass is 352 g/mol. The van der Waals surface area contributed by atoms with Crippen LogP contribution in [0.5, 0.6) is 0 Å². The highest BCUT2D eigenvalue weighted by atomic mass is 16.6. The first-order valence-electron chi connectivity index (χ1n) is 8.54. The molecule has 0 aromatic carbocycles. The Balaban J connectivity index is 2.25. The maximum Gasteiger partial charge on any atom is 0.416 e. The first-order valence-corrected chi connectivity index (χ1v) is 8.54. The first kappa shape index (κ1) is 19.4. The second kappa shape index (κ2) is 8.43. The van der Waals surface area contributed by atoms with Crippen molar-refractivity contribution in [3.05, 3.63) is 53.5 Å². The number of pyridine rings is 2. The van der Waals surface area contributed by atoms with E-state index in [1.54, 1.807) is 18.2 Å². The van der Waals surface area contributed by atoms with E-state index >= 15 is 0 Å². The lowest BCUT2D eigenvalue weighted by Gasteiger charge is -2.27. The van der Waals surface area contributed by atoms with Crippen molar-refractivity contribution < 1.29 is 9.53 Å². The Morgan fingerprint density at radius 1 is 1.15 bits per heavy atom. The van der Waals surface area contributed by atoms with Crippen LogP contribution >= 0.6 is 0 Å². The van der Waals surface area contributed by atoms with Gasteiger partial charge in [-0.05, 0) is 52.0 Å². The Hall–Kier alpha value is -2.94. The summed E-state index contributed by atoms with van der Waals surface area (Å²) in [5, 5.41) is 8.89. The van der Waals surface area contributed by atoms with Gasteiger partial charge in [-0.2, -0.15) is 5.26 Å². The molecule has 2 aromatic heterocycles. The fourth-order valence-electron chi connectivity index (χ4n) is 2.38. The van der Waals surface area contributed by atoms with Crippen LogP contribution in [0.1, 0.15) is 37.9 Å². The van der Waals surface area contributed by atoms with Crippen LogP contribution in [0.4, 0.5) is 10.6 Å². The summed E-state index contributed by atoms with van der Waals surface area (Å²) in [4.78, 5) is 23.1. The van der Waals surface area contributed by atoms with Crippen LogP contribution in [0, 0.1) is 18.3 Å². The van der Waals surface area contributed by atoms with Gasteiger partial charge in [0.1, 0.15) is 11.4 Å². The number of carbonyl (C=O) groups is 1. The fraction of sp³-hybridized carbons (Fsp3) is 0.400. The SMILES string of the molecule is Cc1cccc(CCN(C(=O)OC(C)(C)C)c2cccc(CC#N)n2)n1. The lowest BCUT2D eigenvalue weighted by molar-refractivity contribution is 0.0579. The second-order valence-electron chi connectivity index (χ2n) is 6.97. The first-order chi connectivity index (χ1) is 12.3. The quantitative estimate of drug-likeness (QED) is 0.817. The van der Waals surface area contributed by atoms with Gasteiger partial charge in [-0.25, -0.2) is 9.78 Å². The van der Waals surface area contributed by atoms with E-state index in [0.717, 1.165) is 11.4 Å². The van der Waals surface area contributed by atoms with Gasteiger partial charge in [0.25, 0.3) is 0 Å². The molecule has 0 radical (unpaired) electrons. The highest BCUT2D eigenvalue weighted by molar-refractivity contribution is 5.86. The highest BCUT2D eigenvalue weighted by Crippen LogP contribution is 2.18. The second-order valence-corrected chi connectivity index (χ2v) is 6.97. The molecule has 2 rings (SSSR count). The van der Waals surface area contributed by atoms with E-state index < -0.39 is 11.7 Å². The molecule has 6 nitrogen and oxygen atoms in total. The zero-order valence-corrected chi connectivity index (χ0v) is 15.7. The largest absolute Gasteiger partial charge is 0.443 e. The number of aryl methyl sites for hydroxylation is 1. The maximum atomic E-state index is 12.7. The van der Waals surface area contributed by atoms with Crippen molar-refractivity contribution in [1.82, 2.24) is 9.97 Å². The molecule has 136 valence electrons. The number of rotatable bonds is 5. The zero-order chi connectivity index (χ0) is 19.2. The van der Waals surface area contributed by atoms with Crippen molar-refractivity contribution in [3.63, 3.8) is 0 Å². The van der Waals surface area contributed by atoms with Gasteiger partial charge in [0, 0.05) is 24.4 Å². The number of aromatic nitrogens is 2. The number of ether oxygens (including phenoxy) is 1. The minimum Gasteiger partial charge on any atom is -0.443 e. The standard InChI is InChI=1S/C20H24N4O2/c1-15-7-5-8-17(22-15)12-14-24(19(25)26-20(2,3)4)18-10-6-9-16(23-18)11-13-21/h5-10H,11-12,14H2,1-4H3. The lowest BCUT2D eigenvalue weighted by atomic mass is 10.2. The van der Waals surface area contributed by atoms with Crippen LogP contribution in [-0.4, -0.2) is 28.2 Å². The van der Waals surface area contributed by atoms with Crippen molar-refractivity contribution in [3.8, 4) is 6.07 Å². The topological polar surface area (TPSA) is 79.1 Å². The summed E-state index contributed by atoms with van der Waals surface area (Å²) in [7, 11) is 0. The average Bonchev–Trinajstić information content (AvgIpc) is 2.54. The molecule has 0 bridgehead atoms. The van der Waals surface area contributed by atoms with E-state index in [1.165, 1.54) is 4.90 Å². The third-order valence-corrected chi connectivity index (χ3v) is 3.48. The Morgan fingerprint density at radius 3 is 2.50 bits per heavy atom. The molecule has 0 unspecified atom stereocenters. The van der Waals surface area contributed by atoms with Gasteiger partial charge in [-0.1, -0.05) is 12.1 Å². The average molecular weight is 352 g/mol. The molecule has 0 aliphatic rings. The molecule has 0 saturated heterocycles. The zero-order valence-electron chi connectivity index (χ0n) is 15.7. The maximum absolute atomic E-state index is 12.7. The van der Waals surface area contributed by atoms with Crippen molar-refractivity contribution in [2.24, 2.45) is 0 Å². The Kier molecular flexibility index (Phi) is 6.29. The van der Waals surface area contributed by atoms with Crippen LogP contribution in [0.2, 0.25) is 0 Å². The molecule has 0 saturated carbocycles. The van der Waals surface area contributed by atoms with Crippen LogP contribution in [0.15, 0.2) is 36.4 Å². The van der Waals surface area contributed by atoms with Crippen molar-refractivity contribution >= 4 is 11.9 Å². The predicted octanol–water partition coefficient (Wildman–Crippen LogP) is 3.84. The smallest absolute Gasteiger partial charge is 0.416 e. The molecule has 0 spiro atoms. The molecule has 0 aliphatic carbocycles. The van der Waals surface area contributed by atoms with E-state index in [2.05, 4.69) is 16.0 Å². The molecule has 0 atom stereocenters. The molecule has 2 heterocycles. The van der Waals surface area contributed by atoms with Crippen molar-refractivity contribution in [1.29, 1.82) is 5.26 Å². The number of anilines is 1. The number of nitriles is 1. The van der Waals surface area contributed by atoms with Gasteiger partial charge >= 0.3 is 6.09 Å². The van der Waals surface area contributed by atoms with E-state index in [-0.39, 0.29) is 6.42 Å². The van der Waals surface area contributed by atoms with E-state index in [1.807, 2.05) is 45.9 Å². The van der Waals surface area contributed by atoms with Gasteiger partial charge in [-0.15, -0.1) is 0 Å². The number of amides is 1. The normalized spacial score (nSPS) is 10.9. The molecule has 2 aromatic rings. The summed E-state index contributed by atoms with van der Waals surface area (Å²) in [5.74, 6) is 0.472. The van der Waals surface area contributed by atoms with Gasteiger partial charge in [0.2, 0.25) is 0 Å². The highest BCUT2D eigenvalue weighted by Gasteiger charge is 2.24. The third-order valence-electron chi connectivity index (χ3n) is 3.48. The number of hydrogen-bond donors (Lipinski definition) is 0. The molecule has 6 heteroatoms. The van der Waals surface area contributed by atoms with Gasteiger partial charge in [0.15, 0.2) is 0 Å². The summed E-state index contributed by atoms with van der Waals surface area (Å²) in [6.45, 7) is 7.79. The summed E-state index contributed by atoms with van der Waals surface area (Å²) < 4.78 is 5.53. The van der Waals surface area contributed by atoms with E-state index in [9.17, 15) is 4.79 Å². The van der Waals surface area contributed by atoms with Gasteiger partial charge in [0.05, 0.1) is 18.2 Å². The van der Waals surface area contributed by atoms with E-state index in [4.69, 9.17) is 10.00 Å². The molecule has 0 N–H and O–H groups in total. The van der Waals surface area contributed by atoms with Crippen molar-refractivity contribution in [2.45, 2.75) is 46.1 Å². The molecule has 0 aliphatic heterocycles. The summed E-state index contributed by atoms with van der Waals surface area (Å²) in [6.07, 6.45) is 0.298. The minimum absolute atomic E-state index is 0.190. The van der Waals surface area contributed by atoms with Crippen LogP contribution in [-0.2, 0) is 17.6 Å². The van der Waals surface area contributed by atoms with Crippen LogP contribution in [0.25, 0.3) is 0 Å². The predicted molar refractivity (Wildman–Crippen MR) is 99.8 cm³/mol. The lowest BCUT2D eigenvalue weighted by Crippen LogP contribution is -2.38. The number of carbonyl (C=O) groups excluding carboxylic acids is 1. The van der Waals surface area contributed by atoms with Crippen LogP contribution < -0.4 is 4.90 Å².